The quantitative estimate of drug-likeness (QED) is 0.551. The molecule has 0 atom stereocenters. The first-order valence-corrected chi connectivity index (χ1v) is 9.81. The zero-order valence-corrected chi connectivity index (χ0v) is 16.5. The lowest BCUT2D eigenvalue weighted by Gasteiger charge is -2.32. The predicted octanol–water partition coefficient (Wildman–Crippen LogP) is 2.00. The summed E-state index contributed by atoms with van der Waals surface area (Å²) >= 11 is 0. The third-order valence-corrected chi connectivity index (χ3v) is 5.64. The summed E-state index contributed by atoms with van der Waals surface area (Å²) in [7, 11) is 3.91. The average Bonchev–Trinajstić information content (AvgIpc) is 3.43. The lowest BCUT2D eigenvalue weighted by Crippen LogP contribution is -2.41. The Morgan fingerprint density at radius 2 is 1.83 bits per heavy atom. The molecule has 0 bridgehead atoms. The van der Waals surface area contributed by atoms with Crippen molar-refractivity contribution in [1.29, 1.82) is 0 Å². The molecule has 0 unspecified atom stereocenters. The molecule has 29 heavy (non-hydrogen) atoms. The molecule has 0 amide bonds. The first-order chi connectivity index (χ1) is 14.2. The molecule has 9 heteroatoms. The number of H-pyrrole nitrogens is 1. The van der Waals surface area contributed by atoms with Crippen molar-refractivity contribution in [1.82, 2.24) is 40.7 Å². The van der Waals surface area contributed by atoms with Gasteiger partial charge < -0.3 is 10.2 Å². The summed E-state index contributed by atoms with van der Waals surface area (Å²) in [6.07, 6.45) is 5.82. The molecule has 1 saturated heterocycles. The highest BCUT2D eigenvalue weighted by molar-refractivity contribution is 6.01. The molecule has 1 aromatic carbocycles. The van der Waals surface area contributed by atoms with Crippen molar-refractivity contribution in [3.05, 3.63) is 36.7 Å². The minimum absolute atomic E-state index is 0.502. The van der Waals surface area contributed by atoms with Gasteiger partial charge in [0.15, 0.2) is 5.82 Å². The van der Waals surface area contributed by atoms with Gasteiger partial charge >= 0.3 is 0 Å². The second kappa shape index (κ2) is 7.25. The Morgan fingerprint density at radius 3 is 2.55 bits per heavy atom. The van der Waals surface area contributed by atoms with Crippen molar-refractivity contribution in [3.63, 3.8) is 0 Å². The molecule has 0 aliphatic carbocycles. The summed E-state index contributed by atoms with van der Waals surface area (Å²) in [5, 5.41) is 29.3. The van der Waals surface area contributed by atoms with E-state index in [1.807, 2.05) is 37.5 Å². The van der Waals surface area contributed by atoms with E-state index in [4.69, 9.17) is 0 Å². The fourth-order valence-electron chi connectivity index (χ4n) is 3.98. The summed E-state index contributed by atoms with van der Waals surface area (Å²) in [5.41, 5.74) is 4.50. The number of nitrogens with zero attached hydrogens (tertiary/aromatic N) is 7. The lowest BCUT2D eigenvalue weighted by atomic mass is 10.0. The number of anilines is 1. The molecule has 148 valence electrons. The van der Waals surface area contributed by atoms with E-state index in [0.29, 0.717) is 6.04 Å². The van der Waals surface area contributed by atoms with Crippen LogP contribution in [0.15, 0.2) is 36.7 Å². The molecular formula is C20H23N9. The van der Waals surface area contributed by atoms with Gasteiger partial charge in [-0.15, -0.1) is 10.2 Å². The highest BCUT2D eigenvalue weighted by Gasteiger charge is 2.20. The number of benzene rings is 1. The fourth-order valence-corrected chi connectivity index (χ4v) is 3.98. The van der Waals surface area contributed by atoms with Crippen molar-refractivity contribution in [2.24, 2.45) is 7.05 Å². The smallest absolute Gasteiger partial charge is 0.151 e. The largest absolute Gasteiger partial charge is 0.355 e. The van der Waals surface area contributed by atoms with Crippen LogP contribution in [0.4, 0.5) is 5.82 Å². The van der Waals surface area contributed by atoms with Crippen molar-refractivity contribution >= 4 is 16.7 Å². The lowest BCUT2D eigenvalue weighted by molar-refractivity contribution is 0.441. The van der Waals surface area contributed by atoms with Gasteiger partial charge in [0.1, 0.15) is 5.69 Å². The molecule has 0 spiro atoms. The maximum atomic E-state index is 4.51. The Balaban J connectivity index is 1.47. The molecule has 3 aromatic heterocycles. The maximum Gasteiger partial charge on any atom is 0.151 e. The molecule has 5 rings (SSSR count). The number of piperidine rings is 1. The van der Waals surface area contributed by atoms with Crippen molar-refractivity contribution in [2.75, 3.05) is 25.0 Å². The van der Waals surface area contributed by atoms with Crippen LogP contribution in [0.5, 0.6) is 0 Å². The first-order valence-electron chi connectivity index (χ1n) is 9.81. The van der Waals surface area contributed by atoms with Gasteiger partial charge in [0, 0.05) is 36.7 Å². The van der Waals surface area contributed by atoms with E-state index in [1.165, 1.54) is 0 Å². The van der Waals surface area contributed by atoms with Crippen LogP contribution in [0, 0.1) is 0 Å². The summed E-state index contributed by atoms with van der Waals surface area (Å²) < 4.78 is 0. The molecular weight excluding hydrogens is 366 g/mol. The van der Waals surface area contributed by atoms with Crippen LogP contribution in [-0.2, 0) is 7.05 Å². The van der Waals surface area contributed by atoms with Crippen LogP contribution in [0.25, 0.3) is 33.4 Å². The van der Waals surface area contributed by atoms with E-state index in [-0.39, 0.29) is 0 Å². The monoisotopic (exact) mass is 389 g/mol. The zero-order valence-electron chi connectivity index (χ0n) is 16.5. The zero-order chi connectivity index (χ0) is 19.8. The maximum absolute atomic E-state index is 4.51. The number of aromatic amines is 1. The van der Waals surface area contributed by atoms with Gasteiger partial charge in [0.25, 0.3) is 0 Å². The third kappa shape index (κ3) is 3.23. The minimum Gasteiger partial charge on any atom is -0.355 e. The van der Waals surface area contributed by atoms with E-state index >= 15 is 0 Å². The molecule has 0 saturated carbocycles. The summed E-state index contributed by atoms with van der Waals surface area (Å²) in [6.45, 7) is 2.10. The highest BCUT2D eigenvalue weighted by atomic mass is 15.4. The molecule has 1 aliphatic rings. The predicted molar refractivity (Wildman–Crippen MR) is 111 cm³/mol. The molecule has 4 heterocycles. The van der Waals surface area contributed by atoms with E-state index in [9.17, 15) is 0 Å². The Hall–Kier alpha value is -3.33. The van der Waals surface area contributed by atoms with Crippen LogP contribution in [0.1, 0.15) is 12.8 Å². The van der Waals surface area contributed by atoms with Crippen LogP contribution in [0.3, 0.4) is 0 Å². The number of nitrogens with one attached hydrogen (secondary N) is 2. The summed E-state index contributed by atoms with van der Waals surface area (Å²) in [6, 6.07) is 8.64. The van der Waals surface area contributed by atoms with Crippen molar-refractivity contribution in [3.8, 4) is 22.5 Å². The van der Waals surface area contributed by atoms with Gasteiger partial charge in [0.05, 0.1) is 23.6 Å². The average molecular weight is 389 g/mol. The second-order valence-corrected chi connectivity index (χ2v) is 7.41. The van der Waals surface area contributed by atoms with Crippen LogP contribution < -0.4 is 10.2 Å². The van der Waals surface area contributed by atoms with E-state index in [0.717, 1.165) is 65.2 Å². The summed E-state index contributed by atoms with van der Waals surface area (Å²) in [4.78, 5) is 3.79. The Morgan fingerprint density at radius 1 is 1.00 bits per heavy atom. The van der Waals surface area contributed by atoms with Gasteiger partial charge in [0.2, 0.25) is 0 Å². The van der Waals surface area contributed by atoms with Gasteiger partial charge in [-0.05, 0) is 44.1 Å². The van der Waals surface area contributed by atoms with Gasteiger partial charge in [-0.1, -0.05) is 6.07 Å². The molecule has 0 radical (unpaired) electrons. The van der Waals surface area contributed by atoms with Crippen LogP contribution in [0.2, 0.25) is 0 Å². The SMILES string of the molecule is CN(c1ccc(-c2ccc(-c3cnn(C)n3)c3cn[nH]c23)nn1)C1CCNCC1. The topological polar surface area (TPSA) is 100 Å². The Kier molecular flexibility index (Phi) is 4.44. The van der Waals surface area contributed by atoms with Crippen molar-refractivity contribution < 1.29 is 0 Å². The number of hydrogen-bond acceptors (Lipinski definition) is 7. The standard InChI is InChI=1S/C20H23N9/c1-28(13-7-9-21-10-8-13)19-6-5-17(24-25-19)15-4-3-14(16-11-22-26-20(15)16)18-12-23-29(2)27-18/h3-6,11-13,21H,7-10H2,1-2H3,(H,22,26). The van der Waals surface area contributed by atoms with Crippen molar-refractivity contribution in [2.45, 2.75) is 18.9 Å². The second-order valence-electron chi connectivity index (χ2n) is 7.41. The van der Waals surface area contributed by atoms with Crippen LogP contribution in [-0.4, -0.2) is 61.6 Å². The van der Waals surface area contributed by atoms with Gasteiger partial charge in [-0.25, -0.2) is 0 Å². The third-order valence-electron chi connectivity index (χ3n) is 5.64. The van der Waals surface area contributed by atoms with Crippen LogP contribution >= 0.6 is 0 Å². The Bertz CT molecular complexity index is 1120. The highest BCUT2D eigenvalue weighted by Crippen LogP contribution is 2.33. The van der Waals surface area contributed by atoms with E-state index in [1.54, 1.807) is 11.0 Å². The van der Waals surface area contributed by atoms with E-state index in [2.05, 4.69) is 47.9 Å². The Labute approximate surface area is 168 Å². The van der Waals surface area contributed by atoms with Gasteiger partial charge in [-0.3, -0.25) is 5.10 Å². The molecule has 1 fully saturated rings. The summed E-state index contributed by atoms with van der Waals surface area (Å²) in [5.74, 6) is 0.901. The molecule has 1 aliphatic heterocycles. The number of aromatic nitrogens is 7. The fraction of sp³-hybridized carbons (Fsp3) is 0.350. The first kappa shape index (κ1) is 17.7. The number of fused-ring (bicyclic) bond motifs is 1. The molecule has 4 aromatic rings. The molecule has 9 nitrogen and oxygen atoms in total. The van der Waals surface area contributed by atoms with E-state index < -0.39 is 0 Å². The minimum atomic E-state index is 0.502. The number of aryl methyl sites for hydroxylation is 1. The van der Waals surface area contributed by atoms with Gasteiger partial charge in [-0.2, -0.15) is 20.1 Å². The number of hydrogen-bond donors (Lipinski definition) is 2. The normalized spacial score (nSPS) is 15.1. The molecule has 2 N–H and O–H groups in total. The number of rotatable bonds is 4.